The van der Waals surface area contributed by atoms with Gasteiger partial charge in [-0.2, -0.15) is 0 Å². The molecule has 0 radical (unpaired) electrons. The third kappa shape index (κ3) is 2.54. The fourth-order valence-electron chi connectivity index (χ4n) is 2.54. The number of hydrogen-bond acceptors (Lipinski definition) is 2. The van der Waals surface area contributed by atoms with Gasteiger partial charge in [0.1, 0.15) is 0 Å². The molecule has 1 amide bonds. The summed E-state index contributed by atoms with van der Waals surface area (Å²) in [5.74, 6) is 0. The molecular formula is C10H18N2O. The van der Waals surface area contributed by atoms with E-state index in [9.17, 15) is 4.79 Å². The van der Waals surface area contributed by atoms with Crippen molar-refractivity contribution in [2.24, 2.45) is 5.41 Å². The average molecular weight is 182 g/mol. The molecule has 0 spiro atoms. The minimum Gasteiger partial charge on any atom is -0.353 e. The van der Waals surface area contributed by atoms with Crippen LogP contribution < -0.4 is 5.32 Å². The zero-order chi connectivity index (χ0) is 10.1. The van der Waals surface area contributed by atoms with Crippen molar-refractivity contribution < 1.29 is 4.79 Å². The summed E-state index contributed by atoms with van der Waals surface area (Å²) in [5, 5.41) is 10.5. The Bertz CT molecular complexity index is 235. The average Bonchev–Trinajstić information content (AvgIpc) is 1.78. The van der Waals surface area contributed by atoms with Gasteiger partial charge in [-0.3, -0.25) is 4.79 Å². The van der Waals surface area contributed by atoms with Crippen LogP contribution in [0.15, 0.2) is 0 Å². The number of nitrogens with one attached hydrogen (secondary N) is 2. The van der Waals surface area contributed by atoms with Crippen LogP contribution in [0.1, 0.15) is 40.0 Å². The third-order valence-electron chi connectivity index (χ3n) is 2.57. The van der Waals surface area contributed by atoms with E-state index in [2.05, 4.69) is 19.2 Å². The molecule has 1 saturated carbocycles. The fourth-order valence-corrected chi connectivity index (χ4v) is 2.54. The number of amides is 1. The van der Waals surface area contributed by atoms with Gasteiger partial charge in [0.25, 0.3) is 0 Å². The molecule has 2 N–H and O–H groups in total. The molecule has 1 aliphatic carbocycles. The molecule has 1 unspecified atom stereocenters. The molecule has 0 aliphatic heterocycles. The molecule has 3 heteroatoms. The van der Waals surface area contributed by atoms with Crippen LogP contribution in [0.4, 0.5) is 0 Å². The molecule has 0 heterocycles. The van der Waals surface area contributed by atoms with E-state index in [1.54, 1.807) is 0 Å². The monoisotopic (exact) mass is 182 g/mol. The van der Waals surface area contributed by atoms with Crippen LogP contribution in [0.2, 0.25) is 0 Å². The van der Waals surface area contributed by atoms with Crippen LogP contribution in [0.25, 0.3) is 0 Å². The van der Waals surface area contributed by atoms with E-state index in [-0.39, 0.29) is 11.0 Å². The van der Waals surface area contributed by atoms with Gasteiger partial charge < -0.3 is 10.7 Å². The van der Waals surface area contributed by atoms with Crippen molar-refractivity contribution in [2.75, 3.05) is 0 Å². The maximum Gasteiger partial charge on any atom is 0.207 e. The normalized spacial score (nSPS) is 32.7. The lowest BCUT2D eigenvalue weighted by atomic mass is 9.68. The molecule has 1 aliphatic rings. The van der Waals surface area contributed by atoms with E-state index in [1.807, 2.05) is 6.92 Å². The second-order valence-electron chi connectivity index (χ2n) is 5.12. The van der Waals surface area contributed by atoms with Crippen molar-refractivity contribution in [1.29, 1.82) is 5.41 Å². The van der Waals surface area contributed by atoms with E-state index < -0.39 is 0 Å². The van der Waals surface area contributed by atoms with E-state index in [4.69, 9.17) is 5.41 Å². The lowest BCUT2D eigenvalue weighted by molar-refractivity contribution is -0.111. The summed E-state index contributed by atoms with van der Waals surface area (Å²) >= 11 is 0. The highest BCUT2D eigenvalue weighted by molar-refractivity contribution is 5.84. The summed E-state index contributed by atoms with van der Waals surface area (Å²) in [7, 11) is 0. The molecule has 74 valence electrons. The summed E-state index contributed by atoms with van der Waals surface area (Å²) < 4.78 is 0. The standard InChI is InChI=1S/C10H18N2O/c1-9(2)4-8(11)5-10(3,6-9)12-7-13/h7,11H,4-6H2,1-3H3,(H,12,13). The van der Waals surface area contributed by atoms with Crippen molar-refractivity contribution in [3.63, 3.8) is 0 Å². The predicted molar refractivity (Wildman–Crippen MR) is 53.0 cm³/mol. The van der Waals surface area contributed by atoms with E-state index in [0.717, 1.165) is 25.0 Å². The summed E-state index contributed by atoms with van der Waals surface area (Å²) in [6, 6.07) is 0. The minimum atomic E-state index is -0.208. The first-order valence-corrected chi connectivity index (χ1v) is 4.65. The summed E-state index contributed by atoms with van der Waals surface area (Å²) in [4.78, 5) is 10.4. The highest BCUT2D eigenvalue weighted by Gasteiger charge is 2.38. The van der Waals surface area contributed by atoms with Gasteiger partial charge in [-0.25, -0.2) is 0 Å². The smallest absolute Gasteiger partial charge is 0.207 e. The van der Waals surface area contributed by atoms with Crippen LogP contribution in [-0.4, -0.2) is 17.7 Å². The van der Waals surface area contributed by atoms with Gasteiger partial charge in [0.05, 0.1) is 0 Å². The summed E-state index contributed by atoms with van der Waals surface area (Å²) in [6.45, 7) is 6.30. The molecule has 1 fully saturated rings. The Morgan fingerprint density at radius 3 is 2.46 bits per heavy atom. The zero-order valence-electron chi connectivity index (χ0n) is 8.61. The molecular weight excluding hydrogens is 164 g/mol. The number of hydrogen-bond donors (Lipinski definition) is 2. The Labute approximate surface area is 79.4 Å². The first kappa shape index (κ1) is 10.2. The molecule has 0 saturated heterocycles. The second kappa shape index (κ2) is 3.13. The Balaban J connectivity index is 2.77. The SMILES string of the molecule is CC1(C)CC(=N)CC(C)(NC=O)C1. The number of rotatable bonds is 2. The molecule has 0 bridgehead atoms. The van der Waals surface area contributed by atoms with Crippen LogP contribution >= 0.6 is 0 Å². The topological polar surface area (TPSA) is 53.0 Å². The van der Waals surface area contributed by atoms with Crippen molar-refractivity contribution >= 4 is 12.1 Å². The quantitative estimate of drug-likeness (QED) is 0.628. The molecule has 0 aromatic rings. The highest BCUT2D eigenvalue weighted by atomic mass is 16.1. The summed E-state index contributed by atoms with van der Waals surface area (Å²) in [6.07, 6.45) is 3.23. The zero-order valence-corrected chi connectivity index (χ0v) is 8.61. The van der Waals surface area contributed by atoms with Crippen LogP contribution in [0.5, 0.6) is 0 Å². The fraction of sp³-hybridized carbons (Fsp3) is 0.800. The molecule has 3 nitrogen and oxygen atoms in total. The van der Waals surface area contributed by atoms with E-state index in [0.29, 0.717) is 6.42 Å². The molecule has 1 atom stereocenters. The largest absolute Gasteiger partial charge is 0.353 e. The van der Waals surface area contributed by atoms with E-state index >= 15 is 0 Å². The molecule has 0 aromatic heterocycles. The second-order valence-corrected chi connectivity index (χ2v) is 5.12. The maximum absolute atomic E-state index is 10.4. The van der Waals surface area contributed by atoms with Crippen LogP contribution in [0, 0.1) is 10.8 Å². The lowest BCUT2D eigenvalue weighted by Gasteiger charge is -2.42. The van der Waals surface area contributed by atoms with Gasteiger partial charge in [0.15, 0.2) is 0 Å². The summed E-state index contributed by atoms with van der Waals surface area (Å²) in [5.41, 5.74) is 0.675. The van der Waals surface area contributed by atoms with Crippen molar-refractivity contribution in [1.82, 2.24) is 5.32 Å². The number of carbonyl (C=O) groups excluding carboxylic acids is 1. The first-order chi connectivity index (χ1) is 5.87. The van der Waals surface area contributed by atoms with Crippen molar-refractivity contribution in [3.05, 3.63) is 0 Å². The maximum atomic E-state index is 10.4. The Morgan fingerprint density at radius 2 is 2.00 bits per heavy atom. The van der Waals surface area contributed by atoms with Gasteiger partial charge in [0.2, 0.25) is 6.41 Å². The minimum absolute atomic E-state index is 0.139. The molecule has 1 rings (SSSR count). The third-order valence-corrected chi connectivity index (χ3v) is 2.57. The van der Waals surface area contributed by atoms with Crippen molar-refractivity contribution in [2.45, 2.75) is 45.6 Å². The van der Waals surface area contributed by atoms with Gasteiger partial charge in [0, 0.05) is 17.7 Å². The van der Waals surface area contributed by atoms with E-state index in [1.165, 1.54) is 0 Å². The first-order valence-electron chi connectivity index (χ1n) is 4.65. The lowest BCUT2D eigenvalue weighted by Crippen LogP contribution is -2.50. The van der Waals surface area contributed by atoms with Gasteiger partial charge in [-0.05, 0) is 25.2 Å². The Morgan fingerprint density at radius 1 is 1.38 bits per heavy atom. The van der Waals surface area contributed by atoms with Crippen molar-refractivity contribution in [3.8, 4) is 0 Å². The Kier molecular flexibility index (Phi) is 2.46. The van der Waals surface area contributed by atoms with Gasteiger partial charge in [-0.15, -0.1) is 0 Å². The Hall–Kier alpha value is -0.860. The van der Waals surface area contributed by atoms with Gasteiger partial charge in [-0.1, -0.05) is 13.8 Å². The predicted octanol–water partition coefficient (Wildman–Crippen LogP) is 1.72. The van der Waals surface area contributed by atoms with Gasteiger partial charge >= 0.3 is 0 Å². The van der Waals surface area contributed by atoms with Crippen LogP contribution in [-0.2, 0) is 4.79 Å². The van der Waals surface area contributed by atoms with Crippen LogP contribution in [0.3, 0.4) is 0 Å². The molecule has 0 aromatic carbocycles. The number of carbonyl (C=O) groups is 1. The molecule has 13 heavy (non-hydrogen) atoms. The highest BCUT2D eigenvalue weighted by Crippen LogP contribution is 2.38.